The molecule has 0 bridgehead atoms. The molecule has 1 fully saturated rings. The van der Waals surface area contributed by atoms with Crippen molar-refractivity contribution in [1.29, 1.82) is 0 Å². The molecule has 0 saturated carbocycles. The molecule has 3 aromatic carbocycles. The van der Waals surface area contributed by atoms with Crippen LogP contribution in [0.3, 0.4) is 0 Å². The van der Waals surface area contributed by atoms with Gasteiger partial charge in [0, 0.05) is 24.2 Å². The van der Waals surface area contributed by atoms with E-state index in [9.17, 15) is 19.5 Å². The summed E-state index contributed by atoms with van der Waals surface area (Å²) in [5, 5.41) is 11.6. The van der Waals surface area contributed by atoms with Crippen LogP contribution in [0.15, 0.2) is 72.3 Å². The summed E-state index contributed by atoms with van der Waals surface area (Å²) in [4.78, 5) is 39.2. The van der Waals surface area contributed by atoms with Crippen LogP contribution < -0.4 is 19.1 Å². The van der Waals surface area contributed by atoms with E-state index in [1.807, 2.05) is 0 Å². The molecule has 4 rings (SSSR count). The number of ether oxygens (including phenoxy) is 3. The fourth-order valence-corrected chi connectivity index (χ4v) is 4.22. The van der Waals surface area contributed by atoms with Crippen LogP contribution >= 0.6 is 11.6 Å². The van der Waals surface area contributed by atoms with E-state index in [0.717, 1.165) is 0 Å². The maximum absolute atomic E-state index is 13.3. The van der Waals surface area contributed by atoms with Crippen molar-refractivity contribution in [2.75, 3.05) is 19.1 Å². The van der Waals surface area contributed by atoms with E-state index in [1.54, 1.807) is 48.5 Å². The molecule has 0 aliphatic carbocycles. The molecule has 1 atom stereocenters. The van der Waals surface area contributed by atoms with Gasteiger partial charge in [0.15, 0.2) is 0 Å². The van der Waals surface area contributed by atoms with Crippen molar-refractivity contribution in [3.05, 3.63) is 88.5 Å². The number of Topliss-reactive ketones (excluding diaryl/α,β-unsaturated/α-hetero) is 1. The maximum Gasteiger partial charge on any atom is 0.308 e. The normalized spacial score (nSPS) is 16.7. The predicted molar refractivity (Wildman–Crippen MR) is 134 cm³/mol. The van der Waals surface area contributed by atoms with Crippen molar-refractivity contribution in [2.24, 2.45) is 0 Å². The standard InChI is InChI=1S/C27H22ClNO7/c1-15(30)36-19-10-7-16(8-11-19)24-23(25(31)17-9-12-21(28)22(13-17)35-3)26(32)27(33)29(24)18-5-4-6-20(14-18)34-2/h4-14,24,31H,1-3H3/b25-23+. The minimum Gasteiger partial charge on any atom is -0.507 e. The number of hydrogen-bond donors (Lipinski definition) is 1. The smallest absolute Gasteiger partial charge is 0.308 e. The molecule has 1 unspecified atom stereocenters. The zero-order chi connectivity index (χ0) is 26.0. The molecule has 0 spiro atoms. The fraction of sp³-hybridized carbons (Fsp3) is 0.148. The Bertz CT molecular complexity index is 1380. The number of esters is 1. The molecule has 1 saturated heterocycles. The van der Waals surface area contributed by atoms with Gasteiger partial charge in [0.1, 0.15) is 23.0 Å². The highest BCUT2D eigenvalue weighted by Gasteiger charge is 2.47. The second kappa shape index (κ2) is 10.1. The first-order valence-corrected chi connectivity index (χ1v) is 11.2. The minimum atomic E-state index is -0.981. The summed E-state index contributed by atoms with van der Waals surface area (Å²) >= 11 is 6.12. The van der Waals surface area contributed by atoms with Gasteiger partial charge in [-0.15, -0.1) is 0 Å². The molecule has 0 radical (unpaired) electrons. The van der Waals surface area contributed by atoms with Crippen LogP contribution in [0.4, 0.5) is 5.69 Å². The molecule has 1 aliphatic heterocycles. The summed E-state index contributed by atoms with van der Waals surface area (Å²) in [6.45, 7) is 1.28. The van der Waals surface area contributed by atoms with Gasteiger partial charge in [0.2, 0.25) is 0 Å². The van der Waals surface area contributed by atoms with E-state index < -0.39 is 23.7 Å². The van der Waals surface area contributed by atoms with Crippen molar-refractivity contribution in [1.82, 2.24) is 0 Å². The van der Waals surface area contributed by atoms with E-state index >= 15 is 0 Å². The molecule has 1 N–H and O–H groups in total. The lowest BCUT2D eigenvalue weighted by atomic mass is 9.95. The lowest BCUT2D eigenvalue weighted by Gasteiger charge is -2.26. The van der Waals surface area contributed by atoms with Crippen LogP contribution in [0.1, 0.15) is 24.1 Å². The number of benzene rings is 3. The highest BCUT2D eigenvalue weighted by molar-refractivity contribution is 6.51. The molecule has 1 amide bonds. The number of ketones is 1. The van der Waals surface area contributed by atoms with Crippen molar-refractivity contribution < 1.29 is 33.7 Å². The third-order valence-electron chi connectivity index (χ3n) is 5.66. The van der Waals surface area contributed by atoms with Gasteiger partial charge in [-0.2, -0.15) is 0 Å². The monoisotopic (exact) mass is 507 g/mol. The molecule has 8 nitrogen and oxygen atoms in total. The molecule has 1 heterocycles. The third-order valence-corrected chi connectivity index (χ3v) is 5.97. The predicted octanol–water partition coefficient (Wildman–Crippen LogP) is 4.91. The lowest BCUT2D eigenvalue weighted by molar-refractivity contribution is -0.132. The molecule has 0 aromatic heterocycles. The van der Waals surface area contributed by atoms with Gasteiger partial charge < -0.3 is 19.3 Å². The van der Waals surface area contributed by atoms with E-state index in [0.29, 0.717) is 33.5 Å². The molecule has 9 heteroatoms. The summed E-state index contributed by atoms with van der Waals surface area (Å²) in [6.07, 6.45) is 0. The average Bonchev–Trinajstić information content (AvgIpc) is 3.14. The van der Waals surface area contributed by atoms with Crippen LogP contribution in [-0.2, 0) is 14.4 Å². The van der Waals surface area contributed by atoms with Crippen LogP contribution in [0.5, 0.6) is 17.2 Å². The van der Waals surface area contributed by atoms with E-state index in [2.05, 4.69) is 0 Å². The lowest BCUT2D eigenvalue weighted by Crippen LogP contribution is -2.29. The minimum absolute atomic E-state index is 0.118. The van der Waals surface area contributed by atoms with Gasteiger partial charge in [-0.25, -0.2) is 0 Å². The maximum atomic E-state index is 13.3. The number of hydrogen-bond acceptors (Lipinski definition) is 7. The number of amides is 1. The van der Waals surface area contributed by atoms with Crippen LogP contribution in [-0.4, -0.2) is 37.0 Å². The number of carbonyl (C=O) groups is 3. The van der Waals surface area contributed by atoms with Gasteiger partial charge in [-0.3, -0.25) is 19.3 Å². The quantitative estimate of drug-likeness (QED) is 0.166. The van der Waals surface area contributed by atoms with Gasteiger partial charge in [0.05, 0.1) is 30.9 Å². The Morgan fingerprint density at radius 3 is 2.31 bits per heavy atom. The Balaban J connectivity index is 1.92. The van der Waals surface area contributed by atoms with Crippen molar-refractivity contribution in [3.63, 3.8) is 0 Å². The first kappa shape index (κ1) is 24.8. The highest BCUT2D eigenvalue weighted by atomic mass is 35.5. The van der Waals surface area contributed by atoms with E-state index in [-0.39, 0.29) is 16.9 Å². The average molecular weight is 508 g/mol. The van der Waals surface area contributed by atoms with Crippen molar-refractivity contribution >= 4 is 40.7 Å². The number of rotatable bonds is 6. The van der Waals surface area contributed by atoms with Gasteiger partial charge >= 0.3 is 5.97 Å². The second-order valence-corrected chi connectivity index (χ2v) is 8.29. The van der Waals surface area contributed by atoms with Gasteiger partial charge in [-0.1, -0.05) is 29.8 Å². The molecule has 36 heavy (non-hydrogen) atoms. The fourth-order valence-electron chi connectivity index (χ4n) is 4.02. The SMILES string of the molecule is COc1cccc(N2C(=O)C(=O)/C(=C(/O)c3ccc(Cl)c(OC)c3)C2c2ccc(OC(C)=O)cc2)c1. The largest absolute Gasteiger partial charge is 0.507 e. The summed E-state index contributed by atoms with van der Waals surface area (Å²) < 4.78 is 15.6. The molecule has 3 aromatic rings. The number of carbonyl (C=O) groups excluding carboxylic acids is 3. The van der Waals surface area contributed by atoms with Crippen molar-refractivity contribution in [3.8, 4) is 17.2 Å². The zero-order valence-corrected chi connectivity index (χ0v) is 20.4. The summed E-state index contributed by atoms with van der Waals surface area (Å²) in [5.74, 6) is -1.47. The number of anilines is 1. The summed E-state index contributed by atoms with van der Waals surface area (Å²) in [5.41, 5.74) is 1.04. The molecule has 184 valence electrons. The molecule has 1 aliphatic rings. The summed E-state index contributed by atoms with van der Waals surface area (Å²) in [6, 6.07) is 16.6. The van der Waals surface area contributed by atoms with Crippen LogP contribution in [0.2, 0.25) is 5.02 Å². The van der Waals surface area contributed by atoms with Crippen LogP contribution in [0, 0.1) is 0 Å². The van der Waals surface area contributed by atoms with E-state index in [1.165, 1.54) is 44.2 Å². The third kappa shape index (κ3) is 4.63. The Morgan fingerprint density at radius 2 is 1.67 bits per heavy atom. The first-order chi connectivity index (χ1) is 17.2. The number of halogens is 1. The number of aliphatic hydroxyl groups is 1. The Hall–Kier alpha value is -4.30. The van der Waals surface area contributed by atoms with Gasteiger partial charge in [-0.05, 0) is 48.0 Å². The number of nitrogens with zero attached hydrogens (tertiary/aromatic N) is 1. The summed E-state index contributed by atoms with van der Waals surface area (Å²) in [7, 11) is 2.92. The molecular formula is C27H22ClNO7. The zero-order valence-electron chi connectivity index (χ0n) is 19.7. The Kier molecular flexibility index (Phi) is 6.98. The number of aliphatic hydroxyl groups excluding tert-OH is 1. The Morgan fingerprint density at radius 1 is 0.944 bits per heavy atom. The number of methoxy groups -OCH3 is 2. The second-order valence-electron chi connectivity index (χ2n) is 7.88. The van der Waals surface area contributed by atoms with Crippen molar-refractivity contribution in [2.45, 2.75) is 13.0 Å². The topological polar surface area (TPSA) is 102 Å². The van der Waals surface area contributed by atoms with Crippen LogP contribution in [0.25, 0.3) is 5.76 Å². The molecular weight excluding hydrogens is 486 g/mol. The first-order valence-electron chi connectivity index (χ1n) is 10.8. The van der Waals surface area contributed by atoms with E-state index in [4.69, 9.17) is 25.8 Å². The Labute approximate surface area is 212 Å². The highest BCUT2D eigenvalue weighted by Crippen LogP contribution is 2.43. The van der Waals surface area contributed by atoms with Gasteiger partial charge in [0.25, 0.3) is 11.7 Å².